The van der Waals surface area contributed by atoms with Crippen LogP contribution in [0.2, 0.25) is 0 Å². The van der Waals surface area contributed by atoms with Gasteiger partial charge < -0.3 is 15.4 Å². The Kier molecular flexibility index (Phi) is 6.01. The number of anilines is 2. The fourth-order valence-corrected chi connectivity index (χ4v) is 2.92. The van der Waals surface area contributed by atoms with E-state index in [4.69, 9.17) is 4.74 Å². The summed E-state index contributed by atoms with van der Waals surface area (Å²) < 4.78 is 5.10. The van der Waals surface area contributed by atoms with Crippen molar-refractivity contribution in [2.75, 3.05) is 17.7 Å². The first-order valence-electron chi connectivity index (χ1n) is 8.14. The fraction of sp³-hybridized carbons (Fsp3) is 0.105. The minimum absolute atomic E-state index is 0.253. The minimum Gasteiger partial charge on any atom is -0.497 e. The smallest absolute Gasteiger partial charge is 0.325 e. The van der Waals surface area contributed by atoms with E-state index in [-0.39, 0.29) is 11.6 Å². The number of carbonyl (C=O) groups is 2. The Balaban J connectivity index is 1.51. The molecule has 3 aromatic rings. The molecule has 3 amide bonds. The standard InChI is InChI=1S/C19H18N4O3S/c1-26-15-9-7-13(8-10-15)11-20-17(24)16-12-27-19(22-16)23-18(25)21-14-5-3-2-4-6-14/h2-10,12H,11H2,1H3,(H,20,24)(H2,21,22,23,25). The lowest BCUT2D eigenvalue weighted by molar-refractivity contribution is 0.0946. The number of benzene rings is 2. The molecule has 27 heavy (non-hydrogen) atoms. The summed E-state index contributed by atoms with van der Waals surface area (Å²) >= 11 is 1.18. The second-order valence-electron chi connectivity index (χ2n) is 5.51. The number of rotatable bonds is 6. The number of amides is 3. The Morgan fingerprint density at radius 2 is 1.78 bits per heavy atom. The van der Waals surface area contributed by atoms with Crippen molar-refractivity contribution in [3.63, 3.8) is 0 Å². The summed E-state index contributed by atoms with van der Waals surface area (Å²) in [6.07, 6.45) is 0. The predicted molar refractivity (Wildman–Crippen MR) is 105 cm³/mol. The second kappa shape index (κ2) is 8.81. The highest BCUT2D eigenvalue weighted by Gasteiger charge is 2.12. The minimum atomic E-state index is -0.416. The van der Waals surface area contributed by atoms with Crippen LogP contribution in [0.1, 0.15) is 16.1 Å². The number of hydrogen-bond acceptors (Lipinski definition) is 5. The van der Waals surface area contributed by atoms with E-state index in [1.165, 1.54) is 11.3 Å². The molecule has 0 bridgehead atoms. The van der Waals surface area contributed by atoms with Gasteiger partial charge in [-0.15, -0.1) is 11.3 Å². The lowest BCUT2D eigenvalue weighted by Crippen LogP contribution is -2.23. The SMILES string of the molecule is COc1ccc(CNC(=O)c2csc(NC(=O)Nc3ccccc3)n2)cc1. The van der Waals surface area contributed by atoms with Gasteiger partial charge >= 0.3 is 6.03 Å². The Hall–Kier alpha value is -3.39. The van der Waals surface area contributed by atoms with Crippen LogP contribution in [-0.4, -0.2) is 24.0 Å². The van der Waals surface area contributed by atoms with E-state index < -0.39 is 6.03 Å². The maximum Gasteiger partial charge on any atom is 0.325 e. The Morgan fingerprint density at radius 3 is 2.48 bits per heavy atom. The van der Waals surface area contributed by atoms with Crippen LogP contribution in [0.15, 0.2) is 60.0 Å². The van der Waals surface area contributed by atoms with Crippen molar-refractivity contribution in [2.45, 2.75) is 6.54 Å². The number of methoxy groups -OCH3 is 1. The van der Waals surface area contributed by atoms with E-state index >= 15 is 0 Å². The summed E-state index contributed by atoms with van der Waals surface area (Å²) in [4.78, 5) is 28.3. The summed E-state index contributed by atoms with van der Waals surface area (Å²) in [5.41, 5.74) is 1.87. The van der Waals surface area contributed by atoms with Crippen molar-refractivity contribution in [1.29, 1.82) is 0 Å². The molecular weight excluding hydrogens is 364 g/mol. The van der Waals surface area contributed by atoms with Gasteiger partial charge in [0.05, 0.1) is 7.11 Å². The van der Waals surface area contributed by atoms with Crippen molar-refractivity contribution < 1.29 is 14.3 Å². The molecule has 0 atom stereocenters. The first-order chi connectivity index (χ1) is 13.1. The fourth-order valence-electron chi connectivity index (χ4n) is 2.23. The molecule has 138 valence electrons. The number of urea groups is 1. The number of aromatic nitrogens is 1. The van der Waals surface area contributed by atoms with Gasteiger partial charge in [-0.3, -0.25) is 10.1 Å². The molecule has 0 saturated heterocycles. The number of hydrogen-bond donors (Lipinski definition) is 3. The summed E-state index contributed by atoms with van der Waals surface area (Å²) in [7, 11) is 1.60. The summed E-state index contributed by atoms with van der Waals surface area (Å²) in [6.45, 7) is 0.373. The van der Waals surface area contributed by atoms with Gasteiger partial charge in [0.25, 0.3) is 5.91 Å². The highest BCUT2D eigenvalue weighted by molar-refractivity contribution is 7.14. The van der Waals surface area contributed by atoms with Gasteiger partial charge in [-0.25, -0.2) is 9.78 Å². The normalized spacial score (nSPS) is 10.1. The van der Waals surface area contributed by atoms with Crippen LogP contribution >= 0.6 is 11.3 Å². The van der Waals surface area contributed by atoms with Crippen molar-refractivity contribution in [2.24, 2.45) is 0 Å². The zero-order valence-corrected chi connectivity index (χ0v) is 15.4. The van der Waals surface area contributed by atoms with Crippen molar-refractivity contribution >= 4 is 34.1 Å². The van der Waals surface area contributed by atoms with Gasteiger partial charge in [-0.1, -0.05) is 30.3 Å². The van der Waals surface area contributed by atoms with Gasteiger partial charge in [-0.05, 0) is 29.8 Å². The molecule has 0 spiro atoms. The van der Waals surface area contributed by atoms with Gasteiger partial charge in [-0.2, -0.15) is 0 Å². The zero-order valence-electron chi connectivity index (χ0n) is 14.6. The van der Waals surface area contributed by atoms with E-state index in [1.807, 2.05) is 42.5 Å². The number of carbonyl (C=O) groups excluding carboxylic acids is 2. The third-order valence-electron chi connectivity index (χ3n) is 3.60. The topological polar surface area (TPSA) is 92.4 Å². The summed E-state index contributed by atoms with van der Waals surface area (Å²) in [6, 6.07) is 16.1. The molecule has 0 unspecified atom stereocenters. The third-order valence-corrected chi connectivity index (χ3v) is 4.36. The number of para-hydroxylation sites is 1. The predicted octanol–water partition coefficient (Wildman–Crippen LogP) is 3.73. The monoisotopic (exact) mass is 382 g/mol. The number of ether oxygens (including phenoxy) is 1. The Labute approximate surface area is 160 Å². The quantitative estimate of drug-likeness (QED) is 0.606. The van der Waals surface area contributed by atoms with Gasteiger partial charge in [0.2, 0.25) is 0 Å². The van der Waals surface area contributed by atoms with E-state index in [2.05, 4.69) is 20.9 Å². The molecule has 0 aliphatic carbocycles. The third kappa shape index (κ3) is 5.29. The molecule has 0 radical (unpaired) electrons. The van der Waals surface area contributed by atoms with E-state index in [1.54, 1.807) is 24.6 Å². The molecule has 0 aliphatic rings. The Bertz CT molecular complexity index is 910. The van der Waals surface area contributed by atoms with E-state index in [0.29, 0.717) is 17.4 Å². The highest BCUT2D eigenvalue weighted by Crippen LogP contribution is 2.16. The zero-order chi connectivity index (χ0) is 19.1. The molecule has 3 N–H and O–H groups in total. The van der Waals surface area contributed by atoms with Crippen LogP contribution in [0.3, 0.4) is 0 Å². The van der Waals surface area contributed by atoms with E-state index in [9.17, 15) is 9.59 Å². The summed E-state index contributed by atoms with van der Waals surface area (Å²) in [5.74, 6) is 0.452. The molecular formula is C19H18N4O3S. The molecule has 0 aliphatic heterocycles. The van der Waals surface area contributed by atoms with Gasteiger partial charge in [0.15, 0.2) is 5.13 Å². The summed E-state index contributed by atoms with van der Waals surface area (Å²) in [5, 5.41) is 10.0. The first kappa shape index (κ1) is 18.4. The first-order valence-corrected chi connectivity index (χ1v) is 9.02. The van der Waals surface area contributed by atoms with Crippen LogP contribution in [0.25, 0.3) is 0 Å². The second-order valence-corrected chi connectivity index (χ2v) is 6.37. The molecule has 8 heteroatoms. The van der Waals surface area contributed by atoms with Crippen LogP contribution in [0.4, 0.5) is 15.6 Å². The van der Waals surface area contributed by atoms with Gasteiger partial charge in [0.1, 0.15) is 11.4 Å². The van der Waals surface area contributed by atoms with Crippen LogP contribution < -0.4 is 20.7 Å². The maximum atomic E-state index is 12.2. The van der Waals surface area contributed by atoms with Crippen LogP contribution in [0, 0.1) is 0 Å². The van der Waals surface area contributed by atoms with Crippen molar-refractivity contribution in [3.8, 4) is 5.75 Å². The molecule has 3 rings (SSSR count). The largest absolute Gasteiger partial charge is 0.497 e. The lowest BCUT2D eigenvalue weighted by Gasteiger charge is -2.05. The van der Waals surface area contributed by atoms with Crippen LogP contribution in [-0.2, 0) is 6.54 Å². The molecule has 2 aromatic carbocycles. The van der Waals surface area contributed by atoms with Crippen molar-refractivity contribution in [1.82, 2.24) is 10.3 Å². The number of nitrogens with zero attached hydrogens (tertiary/aromatic N) is 1. The van der Waals surface area contributed by atoms with Crippen LogP contribution in [0.5, 0.6) is 5.75 Å². The number of nitrogens with one attached hydrogen (secondary N) is 3. The average Bonchev–Trinajstić information content (AvgIpc) is 3.15. The molecule has 7 nitrogen and oxygen atoms in total. The molecule has 0 fully saturated rings. The van der Waals surface area contributed by atoms with E-state index in [0.717, 1.165) is 11.3 Å². The number of thiazole rings is 1. The molecule has 0 saturated carbocycles. The maximum absolute atomic E-state index is 12.2. The molecule has 1 aromatic heterocycles. The Morgan fingerprint density at radius 1 is 1.04 bits per heavy atom. The van der Waals surface area contributed by atoms with Gasteiger partial charge in [0, 0.05) is 17.6 Å². The average molecular weight is 382 g/mol. The molecule has 1 heterocycles. The lowest BCUT2D eigenvalue weighted by atomic mass is 10.2. The van der Waals surface area contributed by atoms with Crippen molar-refractivity contribution in [3.05, 3.63) is 71.2 Å². The highest BCUT2D eigenvalue weighted by atomic mass is 32.1.